The first-order valence-electron chi connectivity index (χ1n) is 9.44. The Morgan fingerprint density at radius 1 is 1.14 bits per heavy atom. The van der Waals surface area contributed by atoms with Crippen LogP contribution in [0, 0.1) is 6.92 Å². The summed E-state index contributed by atoms with van der Waals surface area (Å²) in [5.41, 5.74) is 1.75. The van der Waals surface area contributed by atoms with Crippen molar-refractivity contribution < 1.29 is 19.1 Å². The molecule has 0 heterocycles. The largest absolute Gasteiger partial charge is 0.497 e. The van der Waals surface area contributed by atoms with Crippen LogP contribution < -0.4 is 14.8 Å². The van der Waals surface area contributed by atoms with Gasteiger partial charge in [-0.1, -0.05) is 23.7 Å². The van der Waals surface area contributed by atoms with Crippen LogP contribution in [0.25, 0.3) is 0 Å². The molecular formula is C22H27ClN2O4. The van der Waals surface area contributed by atoms with E-state index in [4.69, 9.17) is 21.1 Å². The molecule has 0 bridgehead atoms. The fourth-order valence-corrected chi connectivity index (χ4v) is 2.88. The van der Waals surface area contributed by atoms with E-state index in [-0.39, 0.29) is 25.0 Å². The van der Waals surface area contributed by atoms with Crippen molar-refractivity contribution >= 4 is 23.4 Å². The summed E-state index contributed by atoms with van der Waals surface area (Å²) in [6.45, 7) is 6.01. The predicted molar refractivity (Wildman–Crippen MR) is 113 cm³/mol. The number of hydrogen-bond acceptors (Lipinski definition) is 4. The second-order valence-corrected chi connectivity index (χ2v) is 7.05. The van der Waals surface area contributed by atoms with Crippen LogP contribution in [0.1, 0.15) is 25.0 Å². The molecule has 2 rings (SSSR count). The number of aryl methyl sites for hydroxylation is 1. The third kappa shape index (κ3) is 6.39. The number of nitrogens with zero attached hydrogens (tertiary/aromatic N) is 1. The molecule has 6 nitrogen and oxygen atoms in total. The van der Waals surface area contributed by atoms with Gasteiger partial charge in [0.1, 0.15) is 17.5 Å². The van der Waals surface area contributed by atoms with Crippen molar-refractivity contribution in [3.05, 3.63) is 58.6 Å². The lowest BCUT2D eigenvalue weighted by atomic mass is 10.1. The van der Waals surface area contributed by atoms with Crippen LogP contribution in [0.5, 0.6) is 11.5 Å². The SMILES string of the molecule is CCNC(=O)[C@H](C)N(Cc1ccc(OC)cc1)C(=O)COc1ccc(Cl)c(C)c1. The highest BCUT2D eigenvalue weighted by Gasteiger charge is 2.26. The van der Waals surface area contributed by atoms with E-state index in [2.05, 4.69) is 5.32 Å². The minimum absolute atomic E-state index is 0.180. The summed E-state index contributed by atoms with van der Waals surface area (Å²) in [6, 6.07) is 12.0. The number of carbonyl (C=O) groups is 2. The molecule has 2 amide bonds. The minimum Gasteiger partial charge on any atom is -0.497 e. The number of ether oxygens (including phenoxy) is 2. The maximum Gasteiger partial charge on any atom is 0.261 e. The van der Waals surface area contributed by atoms with Gasteiger partial charge < -0.3 is 19.7 Å². The maximum absolute atomic E-state index is 12.9. The first-order chi connectivity index (χ1) is 13.8. The molecule has 0 aliphatic heterocycles. The van der Waals surface area contributed by atoms with E-state index in [0.717, 1.165) is 16.9 Å². The summed E-state index contributed by atoms with van der Waals surface area (Å²) in [4.78, 5) is 26.8. The van der Waals surface area contributed by atoms with E-state index in [1.165, 1.54) is 4.90 Å². The van der Waals surface area contributed by atoms with Crippen molar-refractivity contribution in [3.8, 4) is 11.5 Å². The van der Waals surface area contributed by atoms with Crippen LogP contribution in [0.2, 0.25) is 5.02 Å². The molecular weight excluding hydrogens is 392 g/mol. The lowest BCUT2D eigenvalue weighted by Crippen LogP contribution is -2.49. The van der Waals surface area contributed by atoms with Crippen LogP contribution in [0.3, 0.4) is 0 Å². The third-order valence-corrected chi connectivity index (χ3v) is 4.95. The zero-order valence-electron chi connectivity index (χ0n) is 17.2. The van der Waals surface area contributed by atoms with Crippen molar-refractivity contribution in [3.63, 3.8) is 0 Å². The smallest absolute Gasteiger partial charge is 0.261 e. The Bertz CT molecular complexity index is 839. The predicted octanol–water partition coefficient (Wildman–Crippen LogP) is 3.59. The Balaban J connectivity index is 2.14. The lowest BCUT2D eigenvalue weighted by Gasteiger charge is -2.28. The number of benzene rings is 2. The molecule has 0 radical (unpaired) electrons. The van der Waals surface area contributed by atoms with Crippen molar-refractivity contribution in [1.29, 1.82) is 0 Å². The van der Waals surface area contributed by atoms with Gasteiger partial charge in [0.05, 0.1) is 7.11 Å². The molecule has 2 aromatic carbocycles. The zero-order valence-corrected chi connectivity index (χ0v) is 18.0. The monoisotopic (exact) mass is 418 g/mol. The highest BCUT2D eigenvalue weighted by molar-refractivity contribution is 6.31. The number of likely N-dealkylation sites (N-methyl/N-ethyl adjacent to an activating group) is 1. The number of amides is 2. The van der Waals surface area contributed by atoms with Gasteiger partial charge in [-0.3, -0.25) is 9.59 Å². The average Bonchev–Trinajstić information content (AvgIpc) is 2.72. The standard InChI is InChI=1S/C22H27ClN2O4/c1-5-24-22(27)16(3)25(13-17-6-8-18(28-4)9-7-17)21(26)14-29-19-10-11-20(23)15(2)12-19/h6-12,16H,5,13-14H2,1-4H3,(H,24,27)/t16-/m0/s1. The number of carbonyl (C=O) groups excluding carboxylic acids is 2. The Hall–Kier alpha value is -2.73. The molecule has 1 atom stereocenters. The third-order valence-electron chi connectivity index (χ3n) is 4.52. The molecule has 29 heavy (non-hydrogen) atoms. The van der Waals surface area contributed by atoms with Gasteiger partial charge in [0.25, 0.3) is 5.91 Å². The number of rotatable bonds is 9. The highest BCUT2D eigenvalue weighted by Crippen LogP contribution is 2.21. The molecule has 0 spiro atoms. The van der Waals surface area contributed by atoms with E-state index in [9.17, 15) is 9.59 Å². The van der Waals surface area contributed by atoms with Crippen molar-refractivity contribution in [2.24, 2.45) is 0 Å². The Morgan fingerprint density at radius 2 is 1.79 bits per heavy atom. The maximum atomic E-state index is 12.9. The second kappa shape index (κ2) is 10.7. The molecule has 0 unspecified atom stereocenters. The van der Waals surface area contributed by atoms with Crippen molar-refractivity contribution in [2.75, 3.05) is 20.3 Å². The first-order valence-corrected chi connectivity index (χ1v) is 9.82. The van der Waals surface area contributed by atoms with E-state index < -0.39 is 6.04 Å². The van der Waals surface area contributed by atoms with Gasteiger partial charge in [-0.25, -0.2) is 0 Å². The Labute approximate surface area is 176 Å². The van der Waals surface area contributed by atoms with Gasteiger partial charge in [-0.15, -0.1) is 0 Å². The molecule has 7 heteroatoms. The molecule has 0 aliphatic rings. The fraction of sp³-hybridized carbons (Fsp3) is 0.364. The first kappa shape index (κ1) is 22.6. The normalized spacial score (nSPS) is 11.5. The lowest BCUT2D eigenvalue weighted by molar-refractivity contribution is -0.142. The summed E-state index contributed by atoms with van der Waals surface area (Å²) in [5.74, 6) is 0.782. The fourth-order valence-electron chi connectivity index (χ4n) is 2.77. The number of halogens is 1. The van der Waals surface area contributed by atoms with Gasteiger partial charge in [0.15, 0.2) is 6.61 Å². The van der Waals surface area contributed by atoms with Gasteiger partial charge in [-0.2, -0.15) is 0 Å². The van der Waals surface area contributed by atoms with Crippen LogP contribution in [-0.4, -0.2) is 43.0 Å². The van der Waals surface area contributed by atoms with Crippen molar-refractivity contribution in [2.45, 2.75) is 33.4 Å². The molecule has 1 N–H and O–H groups in total. The zero-order chi connectivity index (χ0) is 21.4. The average molecular weight is 419 g/mol. The summed E-state index contributed by atoms with van der Waals surface area (Å²) in [7, 11) is 1.60. The minimum atomic E-state index is -0.639. The van der Waals surface area contributed by atoms with Gasteiger partial charge >= 0.3 is 0 Å². The van der Waals surface area contributed by atoms with Crippen LogP contribution in [-0.2, 0) is 16.1 Å². The molecule has 156 valence electrons. The highest BCUT2D eigenvalue weighted by atomic mass is 35.5. The quantitative estimate of drug-likeness (QED) is 0.675. The topological polar surface area (TPSA) is 67.9 Å². The number of nitrogens with one attached hydrogen (secondary N) is 1. The number of hydrogen-bond donors (Lipinski definition) is 1. The van der Waals surface area contributed by atoms with E-state index in [1.807, 2.05) is 38.1 Å². The molecule has 2 aromatic rings. The van der Waals surface area contributed by atoms with E-state index in [0.29, 0.717) is 17.3 Å². The van der Waals surface area contributed by atoms with E-state index in [1.54, 1.807) is 32.2 Å². The summed E-state index contributed by atoms with van der Waals surface area (Å²) < 4.78 is 10.8. The van der Waals surface area contributed by atoms with Crippen molar-refractivity contribution in [1.82, 2.24) is 10.2 Å². The van der Waals surface area contributed by atoms with Crippen LogP contribution in [0.15, 0.2) is 42.5 Å². The summed E-state index contributed by atoms with van der Waals surface area (Å²) >= 11 is 6.03. The van der Waals surface area contributed by atoms with Crippen LogP contribution >= 0.6 is 11.6 Å². The molecule has 0 saturated heterocycles. The summed E-state index contributed by atoms with van der Waals surface area (Å²) in [5, 5.41) is 3.40. The van der Waals surface area contributed by atoms with Gasteiger partial charge in [-0.05, 0) is 62.2 Å². The molecule has 0 aromatic heterocycles. The molecule has 0 aliphatic carbocycles. The Morgan fingerprint density at radius 3 is 2.38 bits per heavy atom. The summed E-state index contributed by atoms with van der Waals surface area (Å²) in [6.07, 6.45) is 0. The van der Waals surface area contributed by atoms with E-state index >= 15 is 0 Å². The van der Waals surface area contributed by atoms with Crippen LogP contribution in [0.4, 0.5) is 0 Å². The molecule has 0 fully saturated rings. The van der Waals surface area contributed by atoms with Gasteiger partial charge in [0, 0.05) is 18.1 Å². The Kier molecular flexibility index (Phi) is 8.34. The van der Waals surface area contributed by atoms with Gasteiger partial charge in [0.2, 0.25) is 5.91 Å². The number of methoxy groups -OCH3 is 1. The second-order valence-electron chi connectivity index (χ2n) is 6.64. The molecule has 0 saturated carbocycles.